The molecule has 1 N–H and O–H groups in total. The van der Waals surface area contributed by atoms with E-state index >= 15 is 0 Å². The second-order valence-electron chi connectivity index (χ2n) is 5.78. The third-order valence-corrected chi connectivity index (χ3v) is 4.38. The number of halogens is 2. The predicted molar refractivity (Wildman–Crippen MR) is 84.9 cm³/mol. The molecule has 1 nitrogen and oxygen atoms in total. The minimum absolute atomic E-state index is 0.0209. The van der Waals surface area contributed by atoms with Gasteiger partial charge in [0.1, 0.15) is 5.82 Å². The van der Waals surface area contributed by atoms with E-state index in [-0.39, 0.29) is 17.9 Å². The molecular weight excluding hydrogens is 285 g/mol. The molecule has 0 heterocycles. The van der Waals surface area contributed by atoms with Crippen LogP contribution in [0.1, 0.15) is 43.0 Å². The highest BCUT2D eigenvalue weighted by Crippen LogP contribution is 2.42. The van der Waals surface area contributed by atoms with Gasteiger partial charge >= 0.3 is 0 Å². The van der Waals surface area contributed by atoms with Crippen molar-refractivity contribution in [2.75, 3.05) is 0 Å². The van der Waals surface area contributed by atoms with E-state index < -0.39 is 0 Å². The molecule has 3 rings (SSSR count). The molecule has 0 aromatic heterocycles. The molecule has 0 bridgehead atoms. The molecule has 110 valence electrons. The highest BCUT2D eigenvalue weighted by Gasteiger charge is 2.33. The Morgan fingerprint density at radius 3 is 2.38 bits per heavy atom. The van der Waals surface area contributed by atoms with Crippen LogP contribution in [-0.2, 0) is 0 Å². The number of hydrogen-bond acceptors (Lipinski definition) is 1. The minimum Gasteiger partial charge on any atom is -0.303 e. The molecule has 0 amide bonds. The summed E-state index contributed by atoms with van der Waals surface area (Å²) >= 11 is 5.96. The summed E-state index contributed by atoms with van der Waals surface area (Å²) in [5.41, 5.74) is 1.95. The SMILES string of the molecule is C[C@@H](NC(c1ccc(Cl)cc1)C1CC1)c1ccccc1F. The molecule has 0 aliphatic heterocycles. The summed E-state index contributed by atoms with van der Waals surface area (Å²) in [6.45, 7) is 2.02. The van der Waals surface area contributed by atoms with Gasteiger partial charge in [0.2, 0.25) is 0 Å². The number of benzene rings is 2. The third-order valence-electron chi connectivity index (χ3n) is 4.12. The zero-order chi connectivity index (χ0) is 14.8. The first-order valence-corrected chi connectivity index (χ1v) is 7.79. The van der Waals surface area contributed by atoms with Gasteiger partial charge < -0.3 is 5.32 Å². The second-order valence-corrected chi connectivity index (χ2v) is 6.21. The van der Waals surface area contributed by atoms with E-state index in [9.17, 15) is 4.39 Å². The highest BCUT2D eigenvalue weighted by atomic mass is 35.5. The van der Waals surface area contributed by atoms with Gasteiger partial charge in [-0.15, -0.1) is 0 Å². The molecule has 1 unspecified atom stereocenters. The second kappa shape index (κ2) is 6.17. The summed E-state index contributed by atoms with van der Waals surface area (Å²) in [7, 11) is 0. The maximum atomic E-state index is 13.9. The minimum atomic E-state index is -0.150. The van der Waals surface area contributed by atoms with Crippen LogP contribution in [0.3, 0.4) is 0 Å². The highest BCUT2D eigenvalue weighted by molar-refractivity contribution is 6.30. The lowest BCUT2D eigenvalue weighted by Gasteiger charge is -2.24. The molecule has 1 saturated carbocycles. The summed E-state index contributed by atoms with van der Waals surface area (Å²) in [5.74, 6) is 0.489. The first-order chi connectivity index (χ1) is 10.1. The van der Waals surface area contributed by atoms with Crippen molar-refractivity contribution in [1.82, 2.24) is 5.32 Å². The average Bonchev–Trinajstić information content (AvgIpc) is 3.31. The van der Waals surface area contributed by atoms with E-state index in [4.69, 9.17) is 11.6 Å². The Labute approximate surface area is 130 Å². The van der Waals surface area contributed by atoms with Crippen LogP contribution in [0, 0.1) is 11.7 Å². The normalized spacial score (nSPS) is 17.5. The van der Waals surface area contributed by atoms with E-state index in [2.05, 4.69) is 17.4 Å². The smallest absolute Gasteiger partial charge is 0.127 e. The molecule has 2 aromatic rings. The van der Waals surface area contributed by atoms with Gasteiger partial charge in [0, 0.05) is 22.7 Å². The van der Waals surface area contributed by atoms with Crippen molar-refractivity contribution in [3.8, 4) is 0 Å². The molecule has 0 spiro atoms. The van der Waals surface area contributed by atoms with Gasteiger partial charge in [-0.2, -0.15) is 0 Å². The largest absolute Gasteiger partial charge is 0.303 e. The van der Waals surface area contributed by atoms with Crippen molar-refractivity contribution in [2.24, 2.45) is 5.92 Å². The summed E-state index contributed by atoms with van der Waals surface area (Å²) in [6, 6.07) is 15.2. The van der Waals surface area contributed by atoms with Gasteiger partial charge in [0.25, 0.3) is 0 Å². The molecule has 1 aliphatic carbocycles. The molecular formula is C18H19ClFN. The Morgan fingerprint density at radius 2 is 1.76 bits per heavy atom. The fraction of sp³-hybridized carbons (Fsp3) is 0.333. The van der Waals surface area contributed by atoms with E-state index in [1.165, 1.54) is 24.5 Å². The Balaban J connectivity index is 1.79. The number of hydrogen-bond donors (Lipinski definition) is 1. The topological polar surface area (TPSA) is 12.0 Å². The summed E-state index contributed by atoms with van der Waals surface area (Å²) in [5, 5.41) is 4.33. The Bertz CT molecular complexity index is 607. The van der Waals surface area contributed by atoms with Crippen LogP contribution >= 0.6 is 11.6 Å². The van der Waals surface area contributed by atoms with E-state index in [0.29, 0.717) is 5.92 Å². The Morgan fingerprint density at radius 1 is 1.10 bits per heavy atom. The quantitative estimate of drug-likeness (QED) is 0.792. The molecule has 1 aliphatic rings. The van der Waals surface area contributed by atoms with Crippen molar-refractivity contribution in [3.63, 3.8) is 0 Å². The van der Waals surface area contributed by atoms with Gasteiger partial charge in [-0.1, -0.05) is 41.9 Å². The molecule has 3 heteroatoms. The van der Waals surface area contributed by atoms with Crippen molar-refractivity contribution >= 4 is 11.6 Å². The lowest BCUT2D eigenvalue weighted by Crippen LogP contribution is -2.26. The van der Waals surface area contributed by atoms with Crippen molar-refractivity contribution in [3.05, 3.63) is 70.5 Å². The zero-order valence-electron chi connectivity index (χ0n) is 12.0. The lowest BCUT2D eigenvalue weighted by atomic mass is 9.99. The van der Waals surface area contributed by atoms with Crippen molar-refractivity contribution in [1.29, 1.82) is 0 Å². The van der Waals surface area contributed by atoms with Gasteiger partial charge in [-0.3, -0.25) is 0 Å². The molecule has 0 saturated heterocycles. The van der Waals surface area contributed by atoms with Crippen molar-refractivity contribution in [2.45, 2.75) is 31.8 Å². The first kappa shape index (κ1) is 14.6. The summed E-state index contributed by atoms with van der Waals surface area (Å²) < 4.78 is 13.9. The van der Waals surface area contributed by atoms with Crippen LogP contribution in [0.4, 0.5) is 4.39 Å². The zero-order valence-corrected chi connectivity index (χ0v) is 12.8. The van der Waals surface area contributed by atoms with Gasteiger partial charge in [0.15, 0.2) is 0 Å². The fourth-order valence-electron chi connectivity index (χ4n) is 2.79. The Hall–Kier alpha value is -1.38. The van der Waals surface area contributed by atoms with Crippen LogP contribution in [0.5, 0.6) is 0 Å². The summed E-state index contributed by atoms with van der Waals surface area (Å²) in [4.78, 5) is 0. The monoisotopic (exact) mass is 303 g/mol. The van der Waals surface area contributed by atoms with Crippen LogP contribution in [0.25, 0.3) is 0 Å². The van der Waals surface area contributed by atoms with Crippen LogP contribution in [-0.4, -0.2) is 0 Å². The number of rotatable bonds is 5. The molecule has 2 aromatic carbocycles. The lowest BCUT2D eigenvalue weighted by molar-refractivity contribution is 0.417. The summed E-state index contributed by atoms with van der Waals surface area (Å²) in [6.07, 6.45) is 2.45. The van der Waals surface area contributed by atoms with Gasteiger partial charge in [-0.05, 0) is 49.4 Å². The van der Waals surface area contributed by atoms with Crippen LogP contribution < -0.4 is 5.32 Å². The maximum absolute atomic E-state index is 13.9. The maximum Gasteiger partial charge on any atom is 0.127 e. The Kier molecular flexibility index (Phi) is 4.27. The fourth-order valence-corrected chi connectivity index (χ4v) is 2.92. The van der Waals surface area contributed by atoms with Gasteiger partial charge in [0.05, 0.1) is 0 Å². The third kappa shape index (κ3) is 3.45. The first-order valence-electron chi connectivity index (χ1n) is 7.41. The molecule has 1 fully saturated rings. The van der Waals surface area contributed by atoms with Crippen molar-refractivity contribution < 1.29 is 4.39 Å². The number of nitrogens with one attached hydrogen (secondary N) is 1. The van der Waals surface area contributed by atoms with Crippen LogP contribution in [0.15, 0.2) is 48.5 Å². The molecule has 2 atom stereocenters. The van der Waals surface area contributed by atoms with Gasteiger partial charge in [-0.25, -0.2) is 4.39 Å². The molecule has 0 radical (unpaired) electrons. The predicted octanol–water partition coefficient (Wildman–Crippen LogP) is 5.28. The molecule has 21 heavy (non-hydrogen) atoms. The van der Waals surface area contributed by atoms with Crippen LogP contribution in [0.2, 0.25) is 5.02 Å². The van der Waals surface area contributed by atoms with E-state index in [1.807, 2.05) is 31.2 Å². The standard InChI is InChI=1S/C18H19ClFN/c1-12(16-4-2-3-5-17(16)20)21-18(13-6-7-13)14-8-10-15(19)11-9-14/h2-5,8-13,18,21H,6-7H2,1H3/t12-,18?/m1/s1. The van der Waals surface area contributed by atoms with E-state index in [1.54, 1.807) is 6.07 Å². The average molecular weight is 304 g/mol. The van der Waals surface area contributed by atoms with E-state index in [0.717, 1.165) is 10.6 Å².